The van der Waals surface area contributed by atoms with E-state index in [0.717, 1.165) is 24.0 Å². The van der Waals surface area contributed by atoms with Crippen molar-refractivity contribution in [1.82, 2.24) is 0 Å². The minimum Gasteiger partial charge on any atom is -0.310 e. The van der Waals surface area contributed by atoms with Gasteiger partial charge in [0.25, 0.3) is 0 Å². The van der Waals surface area contributed by atoms with Crippen LogP contribution in [0, 0.1) is 5.41 Å². The largest absolute Gasteiger partial charge is 0.310 e. The predicted octanol–water partition coefficient (Wildman–Crippen LogP) is 4.50. The first-order valence-electron chi connectivity index (χ1n) is 5.74. The van der Waals surface area contributed by atoms with E-state index >= 15 is 0 Å². The average molecular weight is 225 g/mol. The first kappa shape index (κ1) is 13.2. The minimum absolute atomic E-state index is 0.687. The van der Waals surface area contributed by atoms with Crippen LogP contribution in [0.15, 0.2) is 43.5 Å². The number of allylic oxidation sites excluding steroid dienone is 2. The molecule has 0 aliphatic rings. The van der Waals surface area contributed by atoms with Gasteiger partial charge < -0.3 is 5.41 Å². The molecular weight excluding hydrogens is 206 g/mol. The molecule has 0 aliphatic carbocycles. The molecule has 0 atom stereocenters. The van der Waals surface area contributed by atoms with E-state index in [2.05, 4.69) is 37.4 Å². The van der Waals surface area contributed by atoms with Gasteiger partial charge >= 0.3 is 0 Å². The highest BCUT2D eigenvalue weighted by Gasteiger charge is 1.98. The second-order valence-electron chi connectivity index (χ2n) is 4.03. The summed E-state index contributed by atoms with van der Waals surface area (Å²) in [4.78, 5) is 0. The van der Waals surface area contributed by atoms with Gasteiger partial charge in [-0.3, -0.25) is 0 Å². The lowest BCUT2D eigenvalue weighted by molar-refractivity contribution is 1.23. The maximum Gasteiger partial charge on any atom is 0.00958 e. The molecule has 0 aromatic heterocycles. The molecule has 88 valence electrons. The minimum atomic E-state index is 0.687. The van der Waals surface area contributed by atoms with Gasteiger partial charge in [-0.1, -0.05) is 49.6 Å². The molecule has 0 unspecified atom stereocenters. The summed E-state index contributed by atoms with van der Waals surface area (Å²) in [6.07, 6.45) is 9.47. The van der Waals surface area contributed by atoms with Crippen LogP contribution >= 0.6 is 0 Å². The summed E-state index contributed by atoms with van der Waals surface area (Å²) in [7, 11) is 0. The van der Waals surface area contributed by atoms with Crippen molar-refractivity contribution in [3.8, 4) is 0 Å². The Bertz CT molecular complexity index is 453. The van der Waals surface area contributed by atoms with Crippen LogP contribution in [-0.4, -0.2) is 5.71 Å². The van der Waals surface area contributed by atoms with E-state index in [1.807, 2.05) is 25.2 Å². The molecule has 0 saturated carbocycles. The van der Waals surface area contributed by atoms with Gasteiger partial charge in [0.2, 0.25) is 0 Å². The highest BCUT2D eigenvalue weighted by molar-refractivity contribution is 5.79. The third-order valence-electron chi connectivity index (χ3n) is 2.55. The van der Waals surface area contributed by atoms with Gasteiger partial charge in [-0.15, -0.1) is 0 Å². The van der Waals surface area contributed by atoms with Gasteiger partial charge in [-0.2, -0.15) is 0 Å². The topological polar surface area (TPSA) is 23.9 Å². The van der Waals surface area contributed by atoms with Crippen LogP contribution in [0.3, 0.4) is 0 Å². The Hall–Kier alpha value is -1.89. The van der Waals surface area contributed by atoms with Crippen LogP contribution in [0.4, 0.5) is 0 Å². The highest BCUT2D eigenvalue weighted by Crippen LogP contribution is 2.15. The second kappa shape index (κ2) is 6.64. The number of rotatable bonds is 6. The molecule has 0 aliphatic heterocycles. The summed E-state index contributed by atoms with van der Waals surface area (Å²) >= 11 is 0. The standard InChI is InChI=1S/C16H19N/c1-4-14-10-11-16(15(5-2)12-14)9-7-6-8-13(3)17/h4-7,10-12,17H,1-2,8-9H2,3H3/b7-6-,17-13?. The fourth-order valence-electron chi connectivity index (χ4n) is 1.59. The Morgan fingerprint density at radius 3 is 2.59 bits per heavy atom. The van der Waals surface area contributed by atoms with E-state index < -0.39 is 0 Å². The van der Waals surface area contributed by atoms with Crippen molar-refractivity contribution in [1.29, 1.82) is 5.41 Å². The SMILES string of the molecule is C=Cc1ccc(C/C=C\CC(C)=N)c(C=C)c1. The Morgan fingerprint density at radius 1 is 1.24 bits per heavy atom. The lowest BCUT2D eigenvalue weighted by Gasteiger charge is -2.04. The molecule has 1 nitrogen and oxygen atoms in total. The van der Waals surface area contributed by atoms with Gasteiger partial charge in [0.15, 0.2) is 0 Å². The van der Waals surface area contributed by atoms with E-state index in [1.54, 1.807) is 0 Å². The molecule has 1 aromatic rings. The molecule has 0 bridgehead atoms. The fraction of sp³-hybridized carbons (Fsp3) is 0.188. The van der Waals surface area contributed by atoms with Crippen LogP contribution in [0.2, 0.25) is 0 Å². The van der Waals surface area contributed by atoms with Crippen molar-refractivity contribution >= 4 is 17.9 Å². The van der Waals surface area contributed by atoms with Crippen molar-refractivity contribution in [3.63, 3.8) is 0 Å². The lowest BCUT2D eigenvalue weighted by atomic mass is 10.0. The Morgan fingerprint density at radius 2 is 2.00 bits per heavy atom. The van der Waals surface area contributed by atoms with Crippen LogP contribution in [0.1, 0.15) is 30.0 Å². The second-order valence-corrected chi connectivity index (χ2v) is 4.03. The van der Waals surface area contributed by atoms with E-state index in [0.29, 0.717) is 5.71 Å². The third-order valence-corrected chi connectivity index (χ3v) is 2.55. The van der Waals surface area contributed by atoms with Gasteiger partial charge in [0, 0.05) is 12.1 Å². The number of benzene rings is 1. The number of hydrogen-bond acceptors (Lipinski definition) is 1. The van der Waals surface area contributed by atoms with Crippen LogP contribution in [0.5, 0.6) is 0 Å². The molecule has 1 aromatic carbocycles. The van der Waals surface area contributed by atoms with E-state index in [4.69, 9.17) is 5.41 Å². The molecule has 0 amide bonds. The zero-order valence-corrected chi connectivity index (χ0v) is 10.4. The maximum atomic E-state index is 7.33. The third kappa shape index (κ3) is 4.23. The first-order valence-corrected chi connectivity index (χ1v) is 5.74. The summed E-state index contributed by atoms with van der Waals surface area (Å²) in [5.41, 5.74) is 4.21. The van der Waals surface area contributed by atoms with Crippen LogP contribution in [0.25, 0.3) is 12.2 Å². The van der Waals surface area contributed by atoms with Crippen LogP contribution in [-0.2, 0) is 6.42 Å². The summed E-state index contributed by atoms with van der Waals surface area (Å²) in [5, 5.41) is 7.33. The average Bonchev–Trinajstić information content (AvgIpc) is 2.34. The van der Waals surface area contributed by atoms with E-state index in [-0.39, 0.29) is 0 Å². The molecular formula is C16H19N. The molecule has 0 heterocycles. The fourth-order valence-corrected chi connectivity index (χ4v) is 1.59. The quantitative estimate of drug-likeness (QED) is 0.544. The van der Waals surface area contributed by atoms with Crippen molar-refractivity contribution in [2.24, 2.45) is 0 Å². The lowest BCUT2D eigenvalue weighted by Crippen LogP contribution is -1.89. The number of nitrogens with one attached hydrogen (secondary N) is 1. The van der Waals surface area contributed by atoms with Crippen LogP contribution < -0.4 is 0 Å². The van der Waals surface area contributed by atoms with Crippen molar-refractivity contribution in [2.45, 2.75) is 19.8 Å². The summed E-state index contributed by atoms with van der Waals surface area (Å²) in [5.74, 6) is 0. The zero-order valence-electron chi connectivity index (χ0n) is 10.4. The molecule has 1 N–H and O–H groups in total. The first-order chi connectivity index (χ1) is 8.17. The molecule has 1 heteroatoms. The Labute approximate surface area is 104 Å². The monoisotopic (exact) mass is 225 g/mol. The normalized spacial score (nSPS) is 10.4. The highest BCUT2D eigenvalue weighted by atomic mass is 14.4. The summed E-state index contributed by atoms with van der Waals surface area (Å²) < 4.78 is 0. The Balaban J connectivity index is 2.77. The molecule has 0 fully saturated rings. The Kier molecular flexibility index (Phi) is 5.15. The molecule has 0 saturated heterocycles. The van der Waals surface area contributed by atoms with Crippen molar-refractivity contribution in [3.05, 3.63) is 60.2 Å². The number of hydrogen-bond donors (Lipinski definition) is 1. The zero-order chi connectivity index (χ0) is 12.7. The molecule has 0 radical (unpaired) electrons. The molecule has 1 rings (SSSR count). The van der Waals surface area contributed by atoms with Crippen molar-refractivity contribution < 1.29 is 0 Å². The maximum absolute atomic E-state index is 7.33. The van der Waals surface area contributed by atoms with Crippen molar-refractivity contribution in [2.75, 3.05) is 0 Å². The van der Waals surface area contributed by atoms with Gasteiger partial charge in [-0.05, 0) is 36.1 Å². The molecule has 0 spiro atoms. The van der Waals surface area contributed by atoms with E-state index in [1.165, 1.54) is 5.56 Å². The molecule has 17 heavy (non-hydrogen) atoms. The van der Waals surface area contributed by atoms with Gasteiger partial charge in [-0.25, -0.2) is 0 Å². The van der Waals surface area contributed by atoms with Gasteiger partial charge in [0.1, 0.15) is 0 Å². The summed E-state index contributed by atoms with van der Waals surface area (Å²) in [6.45, 7) is 9.41. The van der Waals surface area contributed by atoms with Gasteiger partial charge in [0.05, 0.1) is 0 Å². The summed E-state index contributed by atoms with van der Waals surface area (Å²) in [6, 6.07) is 6.26. The smallest absolute Gasteiger partial charge is 0.00958 e. The van der Waals surface area contributed by atoms with E-state index in [9.17, 15) is 0 Å². The predicted molar refractivity (Wildman–Crippen MR) is 77.5 cm³/mol.